The van der Waals surface area contributed by atoms with E-state index in [1.165, 1.54) is 20.8 Å². The lowest BCUT2D eigenvalue weighted by atomic mass is 10.0. The Morgan fingerprint density at radius 3 is 1.84 bits per heavy atom. The lowest BCUT2D eigenvalue weighted by Crippen LogP contribution is -2.56. The number of carbonyl (C=O) groups is 3. The van der Waals surface area contributed by atoms with Crippen molar-refractivity contribution in [2.75, 3.05) is 6.61 Å². The molecule has 1 heterocycles. The first-order chi connectivity index (χ1) is 8.81. The van der Waals surface area contributed by atoms with Crippen LogP contribution in [0.4, 0.5) is 0 Å². The molecule has 19 heavy (non-hydrogen) atoms. The Balaban J connectivity index is 2.89. The fraction of sp³-hybridized carbons (Fsp3) is 0.750. The molecule has 108 valence electrons. The van der Waals surface area contributed by atoms with E-state index >= 15 is 0 Å². The molecule has 7 nitrogen and oxygen atoms in total. The molecule has 0 spiro atoms. The summed E-state index contributed by atoms with van der Waals surface area (Å²) in [6, 6.07) is 0. The normalized spacial score (nSPS) is 30.3. The molecule has 7 heteroatoms. The minimum atomic E-state index is -0.867. The molecule has 0 bridgehead atoms. The summed E-state index contributed by atoms with van der Waals surface area (Å²) in [6.45, 7) is 5.48. The van der Waals surface area contributed by atoms with Crippen molar-refractivity contribution in [2.45, 2.75) is 52.1 Å². The highest BCUT2D eigenvalue weighted by atomic mass is 16.6. The molecule has 0 N–H and O–H groups in total. The number of hydrogen-bond donors (Lipinski definition) is 0. The number of rotatable bonds is 3. The van der Waals surface area contributed by atoms with Crippen LogP contribution in [-0.4, -0.2) is 48.9 Å². The van der Waals surface area contributed by atoms with Crippen LogP contribution in [0.1, 0.15) is 27.7 Å². The molecule has 4 atom stereocenters. The van der Waals surface area contributed by atoms with Crippen LogP contribution in [0, 0.1) is 0 Å². The third-order valence-electron chi connectivity index (χ3n) is 2.60. The molecule has 0 aromatic heterocycles. The Kier molecular flexibility index (Phi) is 5.29. The Hall–Kier alpha value is -1.63. The predicted octanol–water partition coefficient (Wildman–Crippen LogP) is 0.200. The van der Waals surface area contributed by atoms with Gasteiger partial charge in [-0.2, -0.15) is 0 Å². The van der Waals surface area contributed by atoms with E-state index in [2.05, 4.69) is 0 Å². The van der Waals surface area contributed by atoms with Crippen molar-refractivity contribution in [2.24, 2.45) is 0 Å². The molecular formula is C12H18O7. The van der Waals surface area contributed by atoms with Crippen LogP contribution in [0.5, 0.6) is 0 Å². The first-order valence-corrected chi connectivity index (χ1v) is 5.94. The lowest BCUT2D eigenvalue weighted by molar-refractivity contribution is -0.222. The zero-order chi connectivity index (χ0) is 14.6. The maximum Gasteiger partial charge on any atom is 0.303 e. The molecule has 0 radical (unpaired) electrons. The van der Waals surface area contributed by atoms with Gasteiger partial charge in [-0.15, -0.1) is 0 Å². The van der Waals surface area contributed by atoms with Gasteiger partial charge in [-0.3, -0.25) is 14.4 Å². The quantitative estimate of drug-likeness (QED) is 0.536. The summed E-state index contributed by atoms with van der Waals surface area (Å²) in [5.74, 6) is -1.60. The van der Waals surface area contributed by atoms with Gasteiger partial charge >= 0.3 is 17.9 Å². The Morgan fingerprint density at radius 2 is 1.37 bits per heavy atom. The highest BCUT2D eigenvalue weighted by Gasteiger charge is 2.44. The third-order valence-corrected chi connectivity index (χ3v) is 2.60. The number of esters is 3. The molecule has 0 aromatic rings. The lowest BCUT2D eigenvalue weighted by Gasteiger charge is -2.39. The van der Waals surface area contributed by atoms with Gasteiger partial charge in [0.25, 0.3) is 0 Å². The molecule has 0 amide bonds. The predicted molar refractivity (Wildman–Crippen MR) is 62.1 cm³/mol. The summed E-state index contributed by atoms with van der Waals surface area (Å²) >= 11 is 0. The second-order valence-corrected chi connectivity index (χ2v) is 4.33. The van der Waals surface area contributed by atoms with Crippen LogP contribution >= 0.6 is 0 Å². The number of ether oxygens (including phenoxy) is 4. The van der Waals surface area contributed by atoms with Crippen molar-refractivity contribution in [1.29, 1.82) is 0 Å². The van der Waals surface area contributed by atoms with E-state index in [0.717, 1.165) is 0 Å². The second kappa shape index (κ2) is 6.51. The summed E-state index contributed by atoms with van der Waals surface area (Å²) in [5, 5.41) is 0. The molecule has 0 unspecified atom stereocenters. The number of hydrogen-bond acceptors (Lipinski definition) is 7. The van der Waals surface area contributed by atoms with Crippen LogP contribution < -0.4 is 0 Å². The Labute approximate surface area is 111 Å². The van der Waals surface area contributed by atoms with Gasteiger partial charge in [0.2, 0.25) is 0 Å². The largest absolute Gasteiger partial charge is 0.456 e. The summed E-state index contributed by atoms with van der Waals surface area (Å²) in [6.07, 6.45) is -2.92. The molecular weight excluding hydrogens is 256 g/mol. The van der Waals surface area contributed by atoms with Crippen LogP contribution in [0.25, 0.3) is 0 Å². The van der Waals surface area contributed by atoms with Crippen LogP contribution in [0.3, 0.4) is 0 Å². The molecule has 1 aliphatic heterocycles. The number of carbonyl (C=O) groups excluding carboxylic acids is 3. The monoisotopic (exact) mass is 274 g/mol. The maximum atomic E-state index is 11.1. The molecule has 1 rings (SSSR count). The summed E-state index contributed by atoms with van der Waals surface area (Å²) in [4.78, 5) is 33.3. The molecule has 0 aromatic carbocycles. The van der Waals surface area contributed by atoms with Crippen LogP contribution in [-0.2, 0) is 33.3 Å². The highest BCUT2D eigenvalue weighted by Crippen LogP contribution is 2.24. The first-order valence-electron chi connectivity index (χ1n) is 5.94. The third kappa shape index (κ3) is 4.51. The summed E-state index contributed by atoms with van der Waals surface area (Å²) in [5.41, 5.74) is 0. The van der Waals surface area contributed by atoms with E-state index in [9.17, 15) is 14.4 Å². The Morgan fingerprint density at radius 1 is 0.895 bits per heavy atom. The van der Waals surface area contributed by atoms with E-state index in [4.69, 9.17) is 18.9 Å². The van der Waals surface area contributed by atoms with E-state index in [1.54, 1.807) is 6.92 Å². The Bertz CT molecular complexity index is 365. The summed E-state index contributed by atoms with van der Waals surface area (Å²) < 4.78 is 20.6. The van der Waals surface area contributed by atoms with Crippen molar-refractivity contribution in [3.8, 4) is 0 Å². The minimum Gasteiger partial charge on any atom is -0.456 e. The standard InChI is InChI=1S/C12H18O7/c1-6-11(18-8(3)14)12(19-9(4)15)10(5-16-6)17-7(2)13/h6,10-12H,5H2,1-4H3/t6-,10-,11-,12-/m1/s1. The van der Waals surface area contributed by atoms with E-state index in [1.807, 2.05) is 0 Å². The summed E-state index contributed by atoms with van der Waals surface area (Å²) in [7, 11) is 0. The molecule has 1 fully saturated rings. The van der Waals surface area contributed by atoms with Crippen molar-refractivity contribution in [3.05, 3.63) is 0 Å². The van der Waals surface area contributed by atoms with Gasteiger partial charge in [0, 0.05) is 20.8 Å². The van der Waals surface area contributed by atoms with Gasteiger partial charge in [-0.25, -0.2) is 0 Å². The zero-order valence-corrected chi connectivity index (χ0v) is 11.4. The van der Waals surface area contributed by atoms with E-state index in [0.29, 0.717) is 0 Å². The maximum absolute atomic E-state index is 11.1. The van der Waals surface area contributed by atoms with Gasteiger partial charge in [0.05, 0.1) is 12.7 Å². The molecule has 1 aliphatic rings. The van der Waals surface area contributed by atoms with Crippen molar-refractivity contribution < 1.29 is 33.3 Å². The topological polar surface area (TPSA) is 88.1 Å². The molecule has 1 saturated heterocycles. The average molecular weight is 274 g/mol. The first kappa shape index (κ1) is 15.4. The fourth-order valence-corrected chi connectivity index (χ4v) is 1.92. The highest BCUT2D eigenvalue weighted by molar-refractivity contribution is 5.68. The van der Waals surface area contributed by atoms with Crippen molar-refractivity contribution >= 4 is 17.9 Å². The van der Waals surface area contributed by atoms with Gasteiger partial charge in [-0.05, 0) is 6.92 Å². The van der Waals surface area contributed by atoms with Gasteiger partial charge in [-0.1, -0.05) is 0 Å². The molecule has 0 saturated carbocycles. The van der Waals surface area contributed by atoms with Gasteiger partial charge in [0.15, 0.2) is 18.3 Å². The van der Waals surface area contributed by atoms with E-state index < -0.39 is 42.3 Å². The zero-order valence-electron chi connectivity index (χ0n) is 11.4. The van der Waals surface area contributed by atoms with Crippen LogP contribution in [0.15, 0.2) is 0 Å². The fourth-order valence-electron chi connectivity index (χ4n) is 1.92. The van der Waals surface area contributed by atoms with Crippen molar-refractivity contribution in [1.82, 2.24) is 0 Å². The average Bonchev–Trinajstić information content (AvgIpc) is 2.25. The minimum absolute atomic E-state index is 0.0798. The SMILES string of the molecule is CC(=O)O[C@H]1[C@H](OC(C)=O)[C@H](OC(C)=O)CO[C@@H]1C. The van der Waals surface area contributed by atoms with Gasteiger partial charge < -0.3 is 18.9 Å². The van der Waals surface area contributed by atoms with Crippen LogP contribution in [0.2, 0.25) is 0 Å². The van der Waals surface area contributed by atoms with Gasteiger partial charge in [0.1, 0.15) is 0 Å². The second-order valence-electron chi connectivity index (χ2n) is 4.33. The van der Waals surface area contributed by atoms with E-state index in [-0.39, 0.29) is 6.61 Å². The van der Waals surface area contributed by atoms with Crippen molar-refractivity contribution in [3.63, 3.8) is 0 Å². The smallest absolute Gasteiger partial charge is 0.303 e. The molecule has 0 aliphatic carbocycles.